The summed E-state index contributed by atoms with van der Waals surface area (Å²) in [7, 11) is 8.80. The Kier molecular flexibility index (Phi) is 2.99. The Hall–Kier alpha value is 0.455. The SMILES string of the molecule is [B]C1(P)CCCN(C(C)C)C1. The zero-order chi connectivity index (χ0) is 8.48. The zero-order valence-electron chi connectivity index (χ0n) is 7.51. The summed E-state index contributed by atoms with van der Waals surface area (Å²) in [5.74, 6) is 0. The van der Waals surface area contributed by atoms with Crippen LogP contribution in [0.1, 0.15) is 26.7 Å². The zero-order valence-corrected chi connectivity index (χ0v) is 8.66. The van der Waals surface area contributed by atoms with Crippen molar-refractivity contribution >= 4 is 17.1 Å². The fourth-order valence-electron chi connectivity index (χ4n) is 1.59. The van der Waals surface area contributed by atoms with E-state index in [0.717, 1.165) is 13.0 Å². The van der Waals surface area contributed by atoms with Crippen LogP contribution in [0.25, 0.3) is 0 Å². The fraction of sp³-hybridized carbons (Fsp3) is 1.00. The maximum Gasteiger partial charge on any atom is 0.0820 e. The summed E-state index contributed by atoms with van der Waals surface area (Å²) in [6.45, 7) is 6.69. The van der Waals surface area contributed by atoms with Gasteiger partial charge < -0.3 is 4.90 Å². The van der Waals surface area contributed by atoms with Gasteiger partial charge in [-0.05, 0) is 44.8 Å². The molecule has 0 spiro atoms. The molecule has 0 saturated carbocycles. The average Bonchev–Trinajstić information content (AvgIpc) is 1.85. The van der Waals surface area contributed by atoms with Crippen LogP contribution in [0.4, 0.5) is 0 Å². The van der Waals surface area contributed by atoms with Crippen molar-refractivity contribution in [2.75, 3.05) is 13.1 Å². The summed E-state index contributed by atoms with van der Waals surface area (Å²) < 4.78 is 0. The number of likely N-dealkylation sites (tertiary alicyclic amines) is 1. The van der Waals surface area contributed by atoms with Crippen molar-refractivity contribution in [2.24, 2.45) is 0 Å². The van der Waals surface area contributed by atoms with E-state index in [0.29, 0.717) is 6.04 Å². The Bertz CT molecular complexity index is 136. The van der Waals surface area contributed by atoms with Crippen LogP contribution in [0.5, 0.6) is 0 Å². The molecule has 0 aliphatic carbocycles. The van der Waals surface area contributed by atoms with Crippen molar-refractivity contribution in [1.29, 1.82) is 0 Å². The molecule has 1 nitrogen and oxygen atoms in total. The quantitative estimate of drug-likeness (QED) is 0.421. The van der Waals surface area contributed by atoms with Crippen LogP contribution in [0.2, 0.25) is 0 Å². The second kappa shape index (κ2) is 3.45. The van der Waals surface area contributed by atoms with Crippen molar-refractivity contribution < 1.29 is 0 Å². The minimum absolute atomic E-state index is 0.0253. The highest BCUT2D eigenvalue weighted by atomic mass is 31.0. The largest absolute Gasteiger partial charge is 0.301 e. The van der Waals surface area contributed by atoms with Crippen molar-refractivity contribution in [1.82, 2.24) is 4.90 Å². The van der Waals surface area contributed by atoms with Gasteiger partial charge in [-0.1, -0.05) is 0 Å². The molecule has 0 amide bonds. The first-order valence-corrected chi connectivity index (χ1v) is 4.91. The topological polar surface area (TPSA) is 3.24 Å². The van der Waals surface area contributed by atoms with Gasteiger partial charge in [0, 0.05) is 6.04 Å². The van der Waals surface area contributed by atoms with E-state index in [2.05, 4.69) is 28.0 Å². The molecule has 11 heavy (non-hydrogen) atoms. The molecule has 1 aliphatic heterocycles. The van der Waals surface area contributed by atoms with Gasteiger partial charge in [-0.15, -0.1) is 9.24 Å². The third-order valence-electron chi connectivity index (χ3n) is 2.32. The lowest BCUT2D eigenvalue weighted by Gasteiger charge is -2.40. The Morgan fingerprint density at radius 2 is 2.18 bits per heavy atom. The molecule has 3 heteroatoms. The van der Waals surface area contributed by atoms with Crippen LogP contribution in [-0.4, -0.2) is 36.9 Å². The molecule has 1 rings (SSSR count). The molecule has 1 heterocycles. The number of piperidine rings is 1. The summed E-state index contributed by atoms with van der Waals surface area (Å²) in [6, 6.07) is 0.638. The first-order chi connectivity index (χ1) is 5.01. The number of hydrogen-bond donors (Lipinski definition) is 0. The fourth-order valence-corrected chi connectivity index (χ4v) is 2.03. The van der Waals surface area contributed by atoms with E-state index in [9.17, 15) is 0 Å². The smallest absolute Gasteiger partial charge is 0.0820 e. The molecule has 0 bridgehead atoms. The van der Waals surface area contributed by atoms with Crippen molar-refractivity contribution in [3.63, 3.8) is 0 Å². The molecule has 0 aromatic rings. The molecular weight excluding hydrogens is 152 g/mol. The summed E-state index contributed by atoms with van der Waals surface area (Å²) in [5, 5.41) is -0.0253. The third-order valence-corrected chi connectivity index (χ3v) is 2.79. The predicted octanol–water partition coefficient (Wildman–Crippen LogP) is 1.23. The van der Waals surface area contributed by atoms with Crippen LogP contribution in [0.15, 0.2) is 0 Å². The monoisotopic (exact) mass is 169 g/mol. The van der Waals surface area contributed by atoms with E-state index >= 15 is 0 Å². The Balaban J connectivity index is 2.46. The van der Waals surface area contributed by atoms with E-state index in [4.69, 9.17) is 7.85 Å². The van der Waals surface area contributed by atoms with E-state index in [1.54, 1.807) is 0 Å². The van der Waals surface area contributed by atoms with Crippen LogP contribution >= 0.6 is 9.24 Å². The average molecular weight is 169 g/mol. The lowest BCUT2D eigenvalue weighted by atomic mass is 9.79. The van der Waals surface area contributed by atoms with Crippen LogP contribution in [0.3, 0.4) is 0 Å². The van der Waals surface area contributed by atoms with Crippen LogP contribution in [-0.2, 0) is 0 Å². The maximum absolute atomic E-state index is 6.03. The molecule has 62 valence electrons. The van der Waals surface area contributed by atoms with Crippen molar-refractivity contribution in [2.45, 2.75) is 37.8 Å². The summed E-state index contributed by atoms with van der Waals surface area (Å²) in [5.41, 5.74) is 0. The van der Waals surface area contributed by atoms with E-state index < -0.39 is 0 Å². The highest BCUT2D eigenvalue weighted by Gasteiger charge is 2.26. The molecular formula is C8H17BNP. The molecule has 0 N–H and O–H groups in total. The van der Waals surface area contributed by atoms with Crippen LogP contribution in [0, 0.1) is 0 Å². The first-order valence-electron chi connectivity index (χ1n) is 4.33. The van der Waals surface area contributed by atoms with Gasteiger partial charge in [0.25, 0.3) is 0 Å². The normalized spacial score (nSPS) is 34.5. The molecule has 2 unspecified atom stereocenters. The van der Waals surface area contributed by atoms with Gasteiger partial charge >= 0.3 is 0 Å². The summed E-state index contributed by atoms with van der Waals surface area (Å²) in [6.07, 6.45) is 2.37. The van der Waals surface area contributed by atoms with Gasteiger partial charge in [-0.25, -0.2) is 0 Å². The lowest BCUT2D eigenvalue weighted by Crippen LogP contribution is -2.47. The molecule has 0 aromatic heterocycles. The first kappa shape index (κ1) is 9.54. The molecule has 1 saturated heterocycles. The summed E-state index contributed by atoms with van der Waals surface area (Å²) >= 11 is 0. The molecule has 1 fully saturated rings. The van der Waals surface area contributed by atoms with Gasteiger partial charge in [0.2, 0.25) is 0 Å². The number of hydrogen-bond acceptors (Lipinski definition) is 1. The molecule has 1 aliphatic rings. The van der Waals surface area contributed by atoms with Gasteiger partial charge in [-0.2, -0.15) is 0 Å². The van der Waals surface area contributed by atoms with Crippen molar-refractivity contribution in [3.05, 3.63) is 0 Å². The third kappa shape index (κ3) is 2.76. The second-order valence-corrected chi connectivity index (χ2v) is 5.05. The van der Waals surface area contributed by atoms with Crippen molar-refractivity contribution in [3.8, 4) is 0 Å². The summed E-state index contributed by atoms with van der Waals surface area (Å²) in [4.78, 5) is 2.44. The molecule has 2 atom stereocenters. The van der Waals surface area contributed by atoms with Crippen LogP contribution < -0.4 is 0 Å². The number of nitrogens with zero attached hydrogens (tertiary/aromatic N) is 1. The van der Waals surface area contributed by atoms with Gasteiger partial charge in [-0.3, -0.25) is 0 Å². The van der Waals surface area contributed by atoms with Gasteiger partial charge in [0.05, 0.1) is 7.85 Å². The highest BCUT2D eigenvalue weighted by Crippen LogP contribution is 2.27. The Morgan fingerprint density at radius 1 is 1.55 bits per heavy atom. The maximum atomic E-state index is 6.03. The second-order valence-electron chi connectivity index (χ2n) is 3.90. The molecule has 0 aromatic carbocycles. The lowest BCUT2D eigenvalue weighted by molar-refractivity contribution is 0.179. The Labute approximate surface area is 73.5 Å². The standard InChI is InChI=1S/C8H17BNP/c1-7(2)10-5-3-4-8(9,11)6-10/h7H,3-6,11H2,1-2H3. The van der Waals surface area contributed by atoms with Gasteiger partial charge in [0.1, 0.15) is 0 Å². The van der Waals surface area contributed by atoms with E-state index in [-0.39, 0.29) is 5.06 Å². The van der Waals surface area contributed by atoms with E-state index in [1.807, 2.05) is 0 Å². The Morgan fingerprint density at radius 3 is 2.55 bits per heavy atom. The van der Waals surface area contributed by atoms with Gasteiger partial charge in [0.15, 0.2) is 0 Å². The minimum atomic E-state index is -0.0253. The van der Waals surface area contributed by atoms with E-state index in [1.165, 1.54) is 13.0 Å². The predicted molar refractivity (Wildman–Crippen MR) is 54.1 cm³/mol. The molecule has 2 radical (unpaired) electrons. The minimum Gasteiger partial charge on any atom is -0.301 e. The highest BCUT2D eigenvalue weighted by molar-refractivity contribution is 7.22. The number of rotatable bonds is 1.